The first-order valence-corrected chi connectivity index (χ1v) is 8.70. The van der Waals surface area contributed by atoms with Crippen molar-refractivity contribution < 1.29 is 9.59 Å². The normalized spacial score (nSPS) is 17.7. The summed E-state index contributed by atoms with van der Waals surface area (Å²) in [5.74, 6) is 0.0997. The maximum atomic E-state index is 12.8. The van der Waals surface area contributed by atoms with Crippen LogP contribution in [-0.2, 0) is 0 Å². The van der Waals surface area contributed by atoms with Gasteiger partial charge in [-0.1, -0.05) is 26.0 Å². The van der Waals surface area contributed by atoms with Gasteiger partial charge in [0.05, 0.1) is 0 Å². The highest BCUT2D eigenvalue weighted by molar-refractivity contribution is 5.94. The maximum absolute atomic E-state index is 12.8. The molecule has 2 heterocycles. The third-order valence-electron chi connectivity index (χ3n) is 4.82. The van der Waals surface area contributed by atoms with E-state index in [2.05, 4.69) is 24.0 Å². The summed E-state index contributed by atoms with van der Waals surface area (Å²) in [7, 11) is 0. The first kappa shape index (κ1) is 17.2. The summed E-state index contributed by atoms with van der Waals surface area (Å²) in [4.78, 5) is 25.9. The van der Waals surface area contributed by atoms with E-state index in [9.17, 15) is 9.59 Å². The van der Waals surface area contributed by atoms with E-state index in [4.69, 9.17) is 5.73 Å². The van der Waals surface area contributed by atoms with Crippen LogP contribution < -0.4 is 5.73 Å². The molecule has 1 aliphatic rings. The average molecular weight is 340 g/mol. The minimum absolute atomic E-state index is 0.0506. The molecule has 1 aromatic carbocycles. The highest BCUT2D eigenvalue weighted by atomic mass is 16.2. The first-order chi connectivity index (χ1) is 12.0. The molecule has 3 rings (SSSR count). The van der Waals surface area contributed by atoms with E-state index in [1.165, 1.54) is 5.56 Å². The molecule has 1 fully saturated rings. The molecule has 1 aromatic heterocycles. The molecule has 1 aliphatic heterocycles. The SMILES string of the molecule is CC(C)c1ccc(C(=O)N2CCC[C@@H](c3cc(C(N)=O)n[nH]3)C2)cc1. The Labute approximate surface area is 147 Å². The molecule has 25 heavy (non-hydrogen) atoms. The van der Waals surface area contributed by atoms with Gasteiger partial charge < -0.3 is 10.6 Å². The number of primary amides is 1. The summed E-state index contributed by atoms with van der Waals surface area (Å²) in [6.07, 6.45) is 1.88. The maximum Gasteiger partial charge on any atom is 0.269 e. The molecule has 0 saturated carbocycles. The first-order valence-electron chi connectivity index (χ1n) is 8.70. The van der Waals surface area contributed by atoms with Gasteiger partial charge in [-0.05, 0) is 42.5 Å². The third kappa shape index (κ3) is 3.73. The number of nitrogens with zero attached hydrogens (tertiary/aromatic N) is 2. The molecule has 132 valence electrons. The van der Waals surface area contributed by atoms with Crippen LogP contribution in [0.15, 0.2) is 30.3 Å². The highest BCUT2D eigenvalue weighted by Gasteiger charge is 2.27. The summed E-state index contributed by atoms with van der Waals surface area (Å²) >= 11 is 0. The molecule has 1 atom stereocenters. The minimum Gasteiger partial charge on any atom is -0.364 e. The van der Waals surface area contributed by atoms with E-state index in [1.807, 2.05) is 29.2 Å². The van der Waals surface area contributed by atoms with Gasteiger partial charge in [-0.15, -0.1) is 0 Å². The second kappa shape index (κ2) is 7.09. The number of likely N-dealkylation sites (tertiary alicyclic amines) is 1. The van der Waals surface area contributed by atoms with Crippen molar-refractivity contribution in [2.75, 3.05) is 13.1 Å². The average Bonchev–Trinajstić information content (AvgIpc) is 3.12. The lowest BCUT2D eigenvalue weighted by molar-refractivity contribution is 0.0705. The Morgan fingerprint density at radius 1 is 1.28 bits per heavy atom. The Morgan fingerprint density at radius 3 is 2.60 bits per heavy atom. The number of hydrogen-bond donors (Lipinski definition) is 2. The van der Waals surface area contributed by atoms with Gasteiger partial charge in [-0.2, -0.15) is 5.10 Å². The van der Waals surface area contributed by atoms with Gasteiger partial charge in [0.2, 0.25) is 0 Å². The Balaban J connectivity index is 1.71. The molecule has 2 amide bonds. The summed E-state index contributed by atoms with van der Waals surface area (Å²) in [5.41, 5.74) is 8.30. The van der Waals surface area contributed by atoms with Gasteiger partial charge >= 0.3 is 0 Å². The molecule has 0 spiro atoms. The number of hydrogen-bond acceptors (Lipinski definition) is 3. The van der Waals surface area contributed by atoms with Crippen LogP contribution in [0.2, 0.25) is 0 Å². The monoisotopic (exact) mass is 340 g/mol. The Morgan fingerprint density at radius 2 is 2.00 bits per heavy atom. The number of aromatic amines is 1. The molecule has 3 N–H and O–H groups in total. The molecule has 0 unspecified atom stereocenters. The van der Waals surface area contributed by atoms with Crippen molar-refractivity contribution in [1.82, 2.24) is 15.1 Å². The molecule has 0 bridgehead atoms. The molecular weight excluding hydrogens is 316 g/mol. The van der Waals surface area contributed by atoms with E-state index >= 15 is 0 Å². The number of nitrogens with one attached hydrogen (secondary N) is 1. The Bertz CT molecular complexity index is 764. The minimum atomic E-state index is -0.545. The zero-order valence-electron chi connectivity index (χ0n) is 14.7. The second-order valence-corrected chi connectivity index (χ2v) is 6.94. The van der Waals surface area contributed by atoms with E-state index in [0.717, 1.165) is 25.1 Å². The molecule has 0 aliphatic carbocycles. The Hall–Kier alpha value is -2.63. The molecule has 6 nitrogen and oxygen atoms in total. The van der Waals surface area contributed by atoms with Crippen molar-refractivity contribution in [1.29, 1.82) is 0 Å². The van der Waals surface area contributed by atoms with Crippen LogP contribution in [0.4, 0.5) is 0 Å². The standard InChI is InChI=1S/C19H24N4O2/c1-12(2)13-5-7-14(8-6-13)19(25)23-9-3-4-15(11-23)16-10-17(18(20)24)22-21-16/h5-8,10,12,15H,3-4,9,11H2,1-2H3,(H2,20,24)(H,21,22)/t15-/m1/s1. The number of aromatic nitrogens is 2. The van der Waals surface area contributed by atoms with E-state index in [0.29, 0.717) is 18.0 Å². The van der Waals surface area contributed by atoms with E-state index in [-0.39, 0.29) is 17.5 Å². The van der Waals surface area contributed by atoms with Crippen LogP contribution in [0.25, 0.3) is 0 Å². The molecule has 1 saturated heterocycles. The molecular formula is C19H24N4O2. The van der Waals surface area contributed by atoms with Gasteiger partial charge in [0.25, 0.3) is 11.8 Å². The summed E-state index contributed by atoms with van der Waals surface area (Å²) in [6.45, 7) is 5.64. The second-order valence-electron chi connectivity index (χ2n) is 6.94. The van der Waals surface area contributed by atoms with E-state index < -0.39 is 5.91 Å². The number of carbonyl (C=O) groups excluding carboxylic acids is 2. The van der Waals surface area contributed by atoms with E-state index in [1.54, 1.807) is 6.07 Å². The van der Waals surface area contributed by atoms with Crippen molar-refractivity contribution in [3.63, 3.8) is 0 Å². The lowest BCUT2D eigenvalue weighted by atomic mass is 9.94. The summed E-state index contributed by atoms with van der Waals surface area (Å²) in [5, 5.41) is 6.83. The van der Waals surface area contributed by atoms with Crippen molar-refractivity contribution >= 4 is 11.8 Å². The zero-order chi connectivity index (χ0) is 18.0. The van der Waals surface area contributed by atoms with Gasteiger partial charge in [-0.25, -0.2) is 0 Å². The number of rotatable bonds is 4. The number of nitrogens with two attached hydrogens (primary N) is 1. The van der Waals surface area contributed by atoms with Crippen LogP contribution in [-0.4, -0.2) is 40.0 Å². The highest BCUT2D eigenvalue weighted by Crippen LogP contribution is 2.27. The molecule has 2 aromatic rings. The largest absolute Gasteiger partial charge is 0.364 e. The summed E-state index contributed by atoms with van der Waals surface area (Å²) in [6, 6.07) is 9.55. The predicted molar refractivity (Wildman–Crippen MR) is 95.5 cm³/mol. The smallest absolute Gasteiger partial charge is 0.269 e. The van der Waals surface area contributed by atoms with Gasteiger partial charge in [-0.3, -0.25) is 14.7 Å². The van der Waals surface area contributed by atoms with Gasteiger partial charge in [0, 0.05) is 30.3 Å². The number of amides is 2. The van der Waals surface area contributed by atoms with Crippen molar-refractivity contribution in [2.45, 2.75) is 38.5 Å². The molecule has 0 radical (unpaired) electrons. The summed E-state index contributed by atoms with van der Waals surface area (Å²) < 4.78 is 0. The fraction of sp³-hybridized carbons (Fsp3) is 0.421. The van der Waals surface area contributed by atoms with Crippen molar-refractivity contribution in [3.8, 4) is 0 Å². The van der Waals surface area contributed by atoms with Crippen LogP contribution in [0.5, 0.6) is 0 Å². The fourth-order valence-corrected chi connectivity index (χ4v) is 3.28. The molecule has 6 heteroatoms. The van der Waals surface area contributed by atoms with Gasteiger partial charge in [0.1, 0.15) is 5.69 Å². The van der Waals surface area contributed by atoms with Crippen molar-refractivity contribution in [3.05, 3.63) is 52.8 Å². The van der Waals surface area contributed by atoms with Gasteiger partial charge in [0.15, 0.2) is 0 Å². The lowest BCUT2D eigenvalue weighted by Crippen LogP contribution is -2.39. The number of piperidine rings is 1. The number of H-pyrrole nitrogens is 1. The van der Waals surface area contributed by atoms with Crippen LogP contribution in [0.3, 0.4) is 0 Å². The lowest BCUT2D eigenvalue weighted by Gasteiger charge is -2.32. The third-order valence-corrected chi connectivity index (χ3v) is 4.82. The Kier molecular flexibility index (Phi) is 4.88. The topological polar surface area (TPSA) is 92.1 Å². The van der Waals surface area contributed by atoms with Crippen LogP contribution in [0, 0.1) is 0 Å². The zero-order valence-corrected chi connectivity index (χ0v) is 14.7. The van der Waals surface area contributed by atoms with Crippen LogP contribution in [0.1, 0.15) is 70.6 Å². The quantitative estimate of drug-likeness (QED) is 0.896. The van der Waals surface area contributed by atoms with Crippen molar-refractivity contribution in [2.24, 2.45) is 5.73 Å². The predicted octanol–water partition coefficient (Wildman–Crippen LogP) is 2.65. The number of benzene rings is 1. The fourth-order valence-electron chi connectivity index (χ4n) is 3.28. The number of carbonyl (C=O) groups is 2. The van der Waals surface area contributed by atoms with Crippen LogP contribution >= 0.6 is 0 Å².